The van der Waals surface area contributed by atoms with Crippen LogP contribution in [0.4, 0.5) is 8.78 Å². The summed E-state index contributed by atoms with van der Waals surface area (Å²) in [5.74, 6) is 0. The first-order valence-electron chi connectivity index (χ1n) is 3.56. The Balaban J connectivity index is 3.56. The van der Waals surface area contributed by atoms with E-state index in [0.29, 0.717) is 0 Å². The smallest absolute Gasteiger partial charge is 0.267 e. The maximum Gasteiger partial charge on any atom is 0.267 e. The summed E-state index contributed by atoms with van der Waals surface area (Å²) in [6.45, 7) is 0. The van der Waals surface area contributed by atoms with Gasteiger partial charge in [0, 0.05) is 5.56 Å². The highest BCUT2D eigenvalue weighted by Gasteiger charge is 2.23. The van der Waals surface area contributed by atoms with Crippen molar-refractivity contribution in [1.82, 2.24) is 4.98 Å². The van der Waals surface area contributed by atoms with Gasteiger partial charge in [-0.3, -0.25) is 4.79 Å². The summed E-state index contributed by atoms with van der Waals surface area (Å²) in [5.41, 5.74) is -1.55. The van der Waals surface area contributed by atoms with E-state index in [1.54, 1.807) is 22.6 Å². The van der Waals surface area contributed by atoms with E-state index in [0.717, 1.165) is 6.07 Å². The summed E-state index contributed by atoms with van der Waals surface area (Å²) < 4.78 is 25.4. The second-order valence-corrected chi connectivity index (χ2v) is 3.89. The van der Waals surface area contributed by atoms with E-state index < -0.39 is 22.9 Å². The molecule has 1 heterocycles. The van der Waals surface area contributed by atoms with Crippen LogP contribution in [0.15, 0.2) is 6.07 Å². The zero-order valence-corrected chi connectivity index (χ0v) is 9.88. The second kappa shape index (κ2) is 4.81. The Morgan fingerprint density at radius 3 is 2.67 bits per heavy atom. The Labute approximate surface area is 102 Å². The van der Waals surface area contributed by atoms with Gasteiger partial charge in [-0.15, -0.1) is 0 Å². The van der Waals surface area contributed by atoms with Crippen molar-refractivity contribution in [2.45, 2.75) is 6.43 Å². The average Bonchev–Trinajstić information content (AvgIpc) is 2.15. The summed E-state index contributed by atoms with van der Waals surface area (Å²) >= 11 is 6.85. The Morgan fingerprint density at radius 2 is 2.27 bits per heavy atom. The molecular formula is C8H2ClF2IN2O. The van der Waals surface area contributed by atoms with Crippen molar-refractivity contribution in [2.24, 2.45) is 0 Å². The van der Waals surface area contributed by atoms with Crippen LogP contribution in [-0.4, -0.2) is 10.2 Å². The zero-order valence-electron chi connectivity index (χ0n) is 6.97. The van der Waals surface area contributed by atoms with E-state index in [1.807, 2.05) is 0 Å². The number of carbonyl (C=O) groups is 1. The minimum absolute atomic E-state index is 0.262. The number of pyridine rings is 1. The molecule has 3 nitrogen and oxygen atoms in total. The Hall–Kier alpha value is -0.810. The van der Waals surface area contributed by atoms with Crippen LogP contribution in [0, 0.1) is 15.0 Å². The van der Waals surface area contributed by atoms with Crippen molar-refractivity contribution in [3.8, 4) is 6.07 Å². The molecule has 0 spiro atoms. The topological polar surface area (TPSA) is 53.8 Å². The third kappa shape index (κ3) is 2.60. The van der Waals surface area contributed by atoms with Crippen molar-refractivity contribution in [1.29, 1.82) is 5.26 Å². The quantitative estimate of drug-likeness (QED) is 0.472. The van der Waals surface area contributed by atoms with Gasteiger partial charge in [-0.25, -0.2) is 13.8 Å². The number of rotatable bonds is 2. The second-order valence-electron chi connectivity index (χ2n) is 2.44. The first-order valence-corrected chi connectivity index (χ1v) is 5.01. The highest BCUT2D eigenvalue weighted by atomic mass is 127. The molecule has 0 aliphatic heterocycles. The van der Waals surface area contributed by atoms with Crippen molar-refractivity contribution in [2.75, 3.05) is 0 Å². The summed E-state index contributed by atoms with van der Waals surface area (Å²) in [4.78, 5) is 14.5. The Morgan fingerprint density at radius 1 is 1.67 bits per heavy atom. The first kappa shape index (κ1) is 12.3. The number of carbonyl (C=O) groups excluding carboxylic acids is 1. The fraction of sp³-hybridized carbons (Fsp3) is 0.125. The van der Waals surface area contributed by atoms with E-state index in [1.165, 1.54) is 6.07 Å². The summed E-state index contributed by atoms with van der Waals surface area (Å²) in [6, 6.07) is 2.63. The van der Waals surface area contributed by atoms with Gasteiger partial charge in [-0.2, -0.15) is 5.26 Å². The summed E-state index contributed by atoms with van der Waals surface area (Å²) in [6.07, 6.45) is -2.96. The van der Waals surface area contributed by atoms with Gasteiger partial charge in [0.25, 0.3) is 11.7 Å². The van der Waals surface area contributed by atoms with Gasteiger partial charge in [-0.05, 0) is 40.3 Å². The fourth-order valence-electron chi connectivity index (χ4n) is 0.992. The van der Waals surface area contributed by atoms with Crippen LogP contribution in [0.5, 0.6) is 0 Å². The van der Waals surface area contributed by atoms with Crippen LogP contribution >= 0.6 is 34.2 Å². The molecular weight excluding hydrogens is 340 g/mol. The van der Waals surface area contributed by atoms with Crippen LogP contribution in [0.3, 0.4) is 0 Å². The third-order valence-corrected chi connectivity index (χ3v) is 2.32. The van der Waals surface area contributed by atoms with E-state index >= 15 is 0 Å². The first-order chi connectivity index (χ1) is 6.97. The number of hydrogen-bond donors (Lipinski definition) is 0. The summed E-state index contributed by atoms with van der Waals surface area (Å²) in [7, 11) is 0. The molecule has 0 amide bonds. The molecule has 0 aromatic carbocycles. The molecule has 0 saturated heterocycles. The number of aromatic nitrogens is 1. The van der Waals surface area contributed by atoms with Gasteiger partial charge in [0.1, 0.15) is 9.77 Å². The molecule has 0 fully saturated rings. The number of nitrogens with zero attached hydrogens (tertiary/aromatic N) is 2. The molecule has 1 aromatic rings. The average molecular weight is 342 g/mol. The monoisotopic (exact) mass is 342 g/mol. The van der Waals surface area contributed by atoms with E-state index in [4.69, 9.17) is 16.9 Å². The highest BCUT2D eigenvalue weighted by molar-refractivity contribution is 14.1. The van der Waals surface area contributed by atoms with Crippen molar-refractivity contribution in [3.05, 3.63) is 26.6 Å². The number of halogens is 4. The normalized spacial score (nSPS) is 10.1. The third-order valence-electron chi connectivity index (χ3n) is 1.56. The molecule has 0 saturated carbocycles. The largest absolute Gasteiger partial charge is 0.276 e. The SMILES string of the molecule is N#Cc1nc(I)cc(C(=O)Cl)c1C(F)F. The standard InChI is InChI=1S/C8H2ClF2IN2O/c9-7(15)3-1-5(12)14-4(2-13)6(3)8(10)11/h1,8H. The van der Waals surface area contributed by atoms with Crippen LogP contribution in [-0.2, 0) is 0 Å². The van der Waals surface area contributed by atoms with Gasteiger partial charge in [-0.1, -0.05) is 0 Å². The van der Waals surface area contributed by atoms with E-state index in [2.05, 4.69) is 4.98 Å². The Kier molecular flexibility index (Phi) is 3.93. The summed E-state index contributed by atoms with van der Waals surface area (Å²) in [5, 5.41) is 7.57. The maximum atomic E-state index is 12.6. The predicted octanol–water partition coefficient (Wildman–Crippen LogP) is 2.87. The van der Waals surface area contributed by atoms with Crippen LogP contribution in [0.1, 0.15) is 28.0 Å². The van der Waals surface area contributed by atoms with Crippen molar-refractivity contribution in [3.63, 3.8) is 0 Å². The molecule has 1 rings (SSSR count). The molecule has 0 N–H and O–H groups in total. The van der Waals surface area contributed by atoms with Gasteiger partial charge in [0.05, 0.1) is 5.56 Å². The molecule has 1 aromatic heterocycles. The number of nitriles is 1. The predicted molar refractivity (Wildman–Crippen MR) is 56.8 cm³/mol. The molecule has 0 bridgehead atoms. The number of hydrogen-bond acceptors (Lipinski definition) is 3. The molecule has 0 unspecified atom stereocenters. The lowest BCUT2D eigenvalue weighted by Gasteiger charge is -2.06. The molecule has 7 heteroatoms. The van der Waals surface area contributed by atoms with Crippen molar-refractivity contribution >= 4 is 39.4 Å². The molecule has 78 valence electrons. The van der Waals surface area contributed by atoms with Gasteiger partial charge >= 0.3 is 0 Å². The minimum atomic E-state index is -2.96. The zero-order chi connectivity index (χ0) is 11.6. The molecule has 0 aliphatic rings. The van der Waals surface area contributed by atoms with Gasteiger partial charge in [0.15, 0.2) is 5.69 Å². The highest BCUT2D eigenvalue weighted by Crippen LogP contribution is 2.27. The van der Waals surface area contributed by atoms with Gasteiger partial charge < -0.3 is 0 Å². The van der Waals surface area contributed by atoms with Crippen LogP contribution < -0.4 is 0 Å². The van der Waals surface area contributed by atoms with Crippen LogP contribution in [0.25, 0.3) is 0 Å². The van der Waals surface area contributed by atoms with E-state index in [-0.39, 0.29) is 9.26 Å². The van der Waals surface area contributed by atoms with E-state index in [9.17, 15) is 13.6 Å². The minimum Gasteiger partial charge on any atom is -0.276 e. The van der Waals surface area contributed by atoms with Crippen LogP contribution in [0.2, 0.25) is 0 Å². The molecule has 0 atom stereocenters. The number of alkyl halides is 2. The molecule has 0 aliphatic carbocycles. The lowest BCUT2D eigenvalue weighted by molar-refractivity contribution is 0.106. The lowest BCUT2D eigenvalue weighted by Crippen LogP contribution is -2.05. The lowest BCUT2D eigenvalue weighted by atomic mass is 10.1. The molecule has 0 radical (unpaired) electrons. The molecule has 15 heavy (non-hydrogen) atoms. The van der Waals surface area contributed by atoms with Crippen molar-refractivity contribution < 1.29 is 13.6 Å². The maximum absolute atomic E-state index is 12.6. The Bertz CT molecular complexity index is 459. The van der Waals surface area contributed by atoms with Gasteiger partial charge in [0.2, 0.25) is 0 Å². The fourth-order valence-corrected chi connectivity index (χ4v) is 1.70.